The Balaban J connectivity index is 1.33. The maximum absolute atomic E-state index is 13.6. The zero-order chi connectivity index (χ0) is 25.1. The second-order valence-electron chi connectivity index (χ2n) is 10.7. The second-order valence-corrected chi connectivity index (χ2v) is 10.7. The van der Waals surface area contributed by atoms with Gasteiger partial charge in [-0.2, -0.15) is 0 Å². The number of piperidine rings is 1. The number of aliphatic imine (C=N–C) groups is 1. The van der Waals surface area contributed by atoms with Crippen LogP contribution < -0.4 is 16.0 Å². The van der Waals surface area contributed by atoms with E-state index in [2.05, 4.69) is 55.7 Å². The molecule has 1 amide bonds. The van der Waals surface area contributed by atoms with Crippen LogP contribution in [-0.4, -0.2) is 76.2 Å². The SMILES string of the molecule is CCC(C)c1cc2c(N[C@H]3CC[C@H](O)CC3)c(C(=O)NC3CCN(C4=NCCCN4)CC3)cnc2[nH]1. The van der Waals surface area contributed by atoms with Crippen molar-refractivity contribution >= 4 is 28.6 Å². The number of aromatic amines is 1. The first-order valence-corrected chi connectivity index (χ1v) is 13.8. The number of pyridine rings is 1. The Morgan fingerprint density at radius 3 is 2.67 bits per heavy atom. The number of aliphatic hydroxyl groups excluding tert-OH is 1. The molecule has 196 valence electrons. The van der Waals surface area contributed by atoms with Crippen LogP contribution in [0.5, 0.6) is 0 Å². The summed E-state index contributed by atoms with van der Waals surface area (Å²) in [6.45, 7) is 8.03. The molecule has 2 aromatic rings. The van der Waals surface area contributed by atoms with Crippen LogP contribution in [0, 0.1) is 0 Å². The summed E-state index contributed by atoms with van der Waals surface area (Å²) in [7, 11) is 0. The molecule has 0 spiro atoms. The van der Waals surface area contributed by atoms with E-state index in [0.29, 0.717) is 11.5 Å². The van der Waals surface area contributed by atoms with Crippen molar-refractivity contribution in [2.75, 3.05) is 31.5 Å². The maximum atomic E-state index is 13.6. The first-order chi connectivity index (χ1) is 17.5. The van der Waals surface area contributed by atoms with Gasteiger partial charge in [-0.05, 0) is 63.4 Å². The second kappa shape index (κ2) is 11.1. The van der Waals surface area contributed by atoms with E-state index in [0.717, 1.165) is 106 Å². The number of nitrogens with one attached hydrogen (secondary N) is 4. The van der Waals surface area contributed by atoms with E-state index in [1.54, 1.807) is 6.20 Å². The number of amides is 1. The zero-order valence-electron chi connectivity index (χ0n) is 21.6. The Morgan fingerprint density at radius 2 is 1.97 bits per heavy atom. The molecule has 36 heavy (non-hydrogen) atoms. The predicted molar refractivity (Wildman–Crippen MR) is 144 cm³/mol. The van der Waals surface area contributed by atoms with Crippen LogP contribution in [0.1, 0.15) is 87.2 Å². The number of aromatic nitrogens is 2. The van der Waals surface area contributed by atoms with Crippen molar-refractivity contribution in [3.63, 3.8) is 0 Å². The summed E-state index contributed by atoms with van der Waals surface area (Å²) >= 11 is 0. The molecule has 1 saturated carbocycles. The minimum atomic E-state index is -0.215. The minimum Gasteiger partial charge on any atom is -0.393 e. The molecule has 1 saturated heterocycles. The van der Waals surface area contributed by atoms with Gasteiger partial charge in [0, 0.05) is 55.5 Å². The highest BCUT2D eigenvalue weighted by atomic mass is 16.3. The number of rotatable bonds is 6. The molecular formula is C27H41N7O2. The van der Waals surface area contributed by atoms with E-state index in [4.69, 9.17) is 0 Å². The molecule has 1 aliphatic carbocycles. The monoisotopic (exact) mass is 495 g/mol. The third kappa shape index (κ3) is 5.45. The number of hydrogen-bond donors (Lipinski definition) is 5. The number of hydrogen-bond acceptors (Lipinski definition) is 7. The van der Waals surface area contributed by atoms with Gasteiger partial charge in [0.25, 0.3) is 5.91 Å². The average molecular weight is 496 g/mol. The quantitative estimate of drug-likeness (QED) is 0.420. The van der Waals surface area contributed by atoms with Crippen molar-refractivity contribution in [1.82, 2.24) is 25.5 Å². The number of carbonyl (C=O) groups excluding carboxylic acids is 1. The minimum absolute atomic E-state index is 0.0689. The first-order valence-electron chi connectivity index (χ1n) is 13.8. The van der Waals surface area contributed by atoms with E-state index in [1.807, 2.05) is 0 Å². The number of likely N-dealkylation sites (tertiary alicyclic amines) is 1. The maximum Gasteiger partial charge on any atom is 0.255 e. The topological polar surface area (TPSA) is 118 Å². The van der Waals surface area contributed by atoms with Crippen LogP contribution in [-0.2, 0) is 0 Å². The highest BCUT2D eigenvalue weighted by Gasteiger charge is 2.27. The third-order valence-corrected chi connectivity index (χ3v) is 8.12. The van der Waals surface area contributed by atoms with E-state index in [-0.39, 0.29) is 24.1 Å². The first kappa shape index (κ1) is 24.9. The van der Waals surface area contributed by atoms with Crippen molar-refractivity contribution in [2.45, 2.75) is 89.3 Å². The van der Waals surface area contributed by atoms with Crippen LogP contribution in [0.15, 0.2) is 17.3 Å². The van der Waals surface area contributed by atoms with Gasteiger partial charge in [0.05, 0.1) is 17.4 Å². The Hall–Kier alpha value is -2.81. The van der Waals surface area contributed by atoms with Crippen LogP contribution in [0.3, 0.4) is 0 Å². The lowest BCUT2D eigenvalue weighted by Gasteiger charge is -2.35. The fraction of sp³-hybridized carbons (Fsp3) is 0.667. The molecule has 1 unspecified atom stereocenters. The van der Waals surface area contributed by atoms with Gasteiger partial charge in [-0.3, -0.25) is 9.79 Å². The van der Waals surface area contributed by atoms with E-state index in [9.17, 15) is 9.90 Å². The molecule has 2 fully saturated rings. The summed E-state index contributed by atoms with van der Waals surface area (Å²) in [5.41, 5.74) is 3.42. The Morgan fingerprint density at radius 1 is 1.19 bits per heavy atom. The highest BCUT2D eigenvalue weighted by molar-refractivity contribution is 6.07. The lowest BCUT2D eigenvalue weighted by atomic mass is 9.92. The molecule has 9 heteroatoms. The molecule has 0 radical (unpaired) electrons. The number of H-pyrrole nitrogens is 1. The summed E-state index contributed by atoms with van der Waals surface area (Å²) in [6.07, 6.45) is 8.78. The molecule has 2 aromatic heterocycles. The van der Waals surface area contributed by atoms with Crippen LogP contribution in [0.2, 0.25) is 0 Å². The number of anilines is 1. The van der Waals surface area contributed by atoms with Gasteiger partial charge in [-0.1, -0.05) is 13.8 Å². The molecule has 1 atom stereocenters. The van der Waals surface area contributed by atoms with Crippen molar-refractivity contribution in [2.24, 2.45) is 4.99 Å². The summed E-state index contributed by atoms with van der Waals surface area (Å²) in [4.78, 5) is 28.6. The van der Waals surface area contributed by atoms with Gasteiger partial charge in [-0.15, -0.1) is 0 Å². The third-order valence-electron chi connectivity index (χ3n) is 8.12. The van der Waals surface area contributed by atoms with Crippen LogP contribution in [0.25, 0.3) is 11.0 Å². The van der Waals surface area contributed by atoms with Gasteiger partial charge < -0.3 is 30.9 Å². The lowest BCUT2D eigenvalue weighted by molar-refractivity contribution is 0.0922. The molecule has 5 N–H and O–H groups in total. The Labute approximate surface area is 213 Å². The number of carbonyl (C=O) groups is 1. The zero-order valence-corrected chi connectivity index (χ0v) is 21.6. The number of guanidine groups is 1. The fourth-order valence-electron chi connectivity index (χ4n) is 5.56. The molecule has 4 heterocycles. The Kier molecular flexibility index (Phi) is 7.65. The average Bonchev–Trinajstić information content (AvgIpc) is 3.35. The van der Waals surface area contributed by atoms with E-state index >= 15 is 0 Å². The van der Waals surface area contributed by atoms with Gasteiger partial charge in [0.1, 0.15) is 5.65 Å². The summed E-state index contributed by atoms with van der Waals surface area (Å²) in [5.74, 6) is 1.33. The van der Waals surface area contributed by atoms with Gasteiger partial charge in [0.2, 0.25) is 0 Å². The summed E-state index contributed by atoms with van der Waals surface area (Å²) in [5, 5.41) is 21.3. The largest absolute Gasteiger partial charge is 0.393 e. The Bertz CT molecular complexity index is 1080. The van der Waals surface area contributed by atoms with Crippen LogP contribution in [0.4, 0.5) is 5.69 Å². The lowest BCUT2D eigenvalue weighted by Crippen LogP contribution is -2.51. The van der Waals surface area contributed by atoms with Crippen molar-refractivity contribution in [3.05, 3.63) is 23.5 Å². The highest BCUT2D eigenvalue weighted by Crippen LogP contribution is 2.33. The molecule has 0 bridgehead atoms. The summed E-state index contributed by atoms with van der Waals surface area (Å²) in [6, 6.07) is 2.52. The molecular weight excluding hydrogens is 454 g/mol. The number of aliphatic hydroxyl groups is 1. The molecule has 3 aliphatic rings. The standard InChI is InChI=1S/C27H41N7O2/c1-3-17(2)23-15-21-24(31-18-5-7-20(35)8-6-18)22(16-30-25(21)33-23)26(36)32-19-9-13-34(14-10-19)27-28-11-4-12-29-27/h15-20,35H,3-14H2,1-2H3,(H,28,29)(H,32,36)(H2,30,31,33)/t17?,18-,20-. The van der Waals surface area contributed by atoms with Crippen LogP contribution >= 0.6 is 0 Å². The number of nitrogens with zero attached hydrogens (tertiary/aromatic N) is 3. The van der Waals surface area contributed by atoms with Crippen molar-refractivity contribution < 1.29 is 9.90 Å². The van der Waals surface area contributed by atoms with Gasteiger partial charge >= 0.3 is 0 Å². The molecule has 2 aliphatic heterocycles. The van der Waals surface area contributed by atoms with E-state index < -0.39 is 0 Å². The van der Waals surface area contributed by atoms with E-state index in [1.165, 1.54) is 0 Å². The normalized spacial score (nSPS) is 24.2. The molecule has 5 rings (SSSR count). The predicted octanol–water partition coefficient (Wildman–Crippen LogP) is 3.34. The van der Waals surface area contributed by atoms with Crippen molar-refractivity contribution in [1.29, 1.82) is 0 Å². The van der Waals surface area contributed by atoms with Crippen molar-refractivity contribution in [3.8, 4) is 0 Å². The molecule has 9 nitrogen and oxygen atoms in total. The number of fused-ring (bicyclic) bond motifs is 1. The fourth-order valence-corrected chi connectivity index (χ4v) is 5.56. The molecule has 0 aromatic carbocycles. The smallest absolute Gasteiger partial charge is 0.255 e. The van der Waals surface area contributed by atoms with Gasteiger partial charge in [0.15, 0.2) is 5.96 Å². The van der Waals surface area contributed by atoms with Gasteiger partial charge in [-0.25, -0.2) is 4.98 Å². The summed E-state index contributed by atoms with van der Waals surface area (Å²) < 4.78 is 0.